The highest BCUT2D eigenvalue weighted by molar-refractivity contribution is 5.76. The van der Waals surface area contributed by atoms with Gasteiger partial charge in [-0.15, -0.1) is 10.2 Å². The maximum Gasteiger partial charge on any atom is 0.219 e. The number of hydrogen-bond acceptors (Lipinski definition) is 6. The SMILES string of the molecule is Cc1nc2ccccc2nc1N1CCC(c2nnc(C3CC3)o2)CC1. The largest absolute Gasteiger partial charge is 0.425 e. The molecule has 0 bridgehead atoms. The van der Waals surface area contributed by atoms with Crippen LogP contribution in [0.25, 0.3) is 11.0 Å². The molecule has 0 unspecified atom stereocenters. The highest BCUT2D eigenvalue weighted by Gasteiger charge is 2.32. The zero-order valence-corrected chi connectivity index (χ0v) is 14.4. The maximum absolute atomic E-state index is 5.90. The fraction of sp³-hybridized carbons (Fsp3) is 0.474. The molecule has 0 radical (unpaired) electrons. The monoisotopic (exact) mass is 335 g/mol. The minimum atomic E-state index is 0.366. The molecule has 0 spiro atoms. The van der Waals surface area contributed by atoms with Crippen LogP contribution < -0.4 is 4.90 Å². The van der Waals surface area contributed by atoms with Gasteiger partial charge < -0.3 is 9.32 Å². The third-order valence-corrected chi connectivity index (χ3v) is 5.25. The molecule has 5 rings (SSSR count). The Labute approximate surface area is 146 Å². The van der Waals surface area contributed by atoms with E-state index >= 15 is 0 Å². The summed E-state index contributed by atoms with van der Waals surface area (Å²) < 4.78 is 5.90. The van der Waals surface area contributed by atoms with Gasteiger partial charge in [0.1, 0.15) is 0 Å². The van der Waals surface area contributed by atoms with E-state index in [4.69, 9.17) is 14.4 Å². The van der Waals surface area contributed by atoms with Crippen molar-refractivity contribution in [2.45, 2.75) is 44.4 Å². The number of piperidine rings is 1. The summed E-state index contributed by atoms with van der Waals surface area (Å²) in [4.78, 5) is 11.9. The maximum atomic E-state index is 5.90. The van der Waals surface area contributed by atoms with Crippen LogP contribution in [0.5, 0.6) is 0 Å². The molecule has 0 atom stereocenters. The molecule has 6 nitrogen and oxygen atoms in total. The standard InChI is InChI=1S/C19H21N5O/c1-12-17(21-16-5-3-2-4-15(16)20-12)24-10-8-14(9-11-24)19-23-22-18(25-19)13-6-7-13/h2-5,13-14H,6-11H2,1H3. The topological polar surface area (TPSA) is 67.9 Å². The van der Waals surface area contributed by atoms with Crippen LogP contribution in [0.15, 0.2) is 28.7 Å². The van der Waals surface area contributed by atoms with E-state index in [1.165, 1.54) is 12.8 Å². The van der Waals surface area contributed by atoms with Crippen molar-refractivity contribution in [2.75, 3.05) is 18.0 Å². The number of nitrogens with zero attached hydrogens (tertiary/aromatic N) is 5. The summed E-state index contributed by atoms with van der Waals surface area (Å²) in [7, 11) is 0. The lowest BCUT2D eigenvalue weighted by Crippen LogP contribution is -2.34. The summed E-state index contributed by atoms with van der Waals surface area (Å²) in [5.41, 5.74) is 2.90. The Bertz CT molecular complexity index is 909. The van der Waals surface area contributed by atoms with E-state index in [0.29, 0.717) is 11.8 Å². The molecule has 0 amide bonds. The van der Waals surface area contributed by atoms with Crippen LogP contribution in [0, 0.1) is 6.92 Å². The molecule has 2 aromatic heterocycles. The average molecular weight is 335 g/mol. The van der Waals surface area contributed by atoms with Gasteiger partial charge in [0, 0.05) is 24.9 Å². The van der Waals surface area contributed by atoms with Gasteiger partial charge in [-0.05, 0) is 44.7 Å². The number of fused-ring (bicyclic) bond motifs is 1. The van der Waals surface area contributed by atoms with Gasteiger partial charge in [-0.1, -0.05) is 12.1 Å². The zero-order valence-electron chi connectivity index (χ0n) is 14.4. The van der Waals surface area contributed by atoms with E-state index in [1.54, 1.807) is 0 Å². The summed E-state index contributed by atoms with van der Waals surface area (Å²) in [6, 6.07) is 8.05. The second-order valence-corrected chi connectivity index (χ2v) is 7.14. The van der Waals surface area contributed by atoms with E-state index in [1.807, 2.05) is 31.2 Å². The van der Waals surface area contributed by atoms with Gasteiger partial charge in [0.25, 0.3) is 0 Å². The average Bonchev–Trinajstić information content (AvgIpc) is 3.38. The second kappa shape index (κ2) is 5.79. The highest BCUT2D eigenvalue weighted by Crippen LogP contribution is 2.40. The predicted molar refractivity (Wildman–Crippen MR) is 94.7 cm³/mol. The second-order valence-electron chi connectivity index (χ2n) is 7.14. The van der Waals surface area contributed by atoms with Gasteiger partial charge >= 0.3 is 0 Å². The van der Waals surface area contributed by atoms with E-state index in [9.17, 15) is 0 Å². The Balaban J connectivity index is 1.33. The molecule has 25 heavy (non-hydrogen) atoms. The first kappa shape index (κ1) is 14.8. The van der Waals surface area contributed by atoms with Crippen molar-refractivity contribution < 1.29 is 4.42 Å². The van der Waals surface area contributed by atoms with Crippen LogP contribution in [-0.4, -0.2) is 33.3 Å². The van der Waals surface area contributed by atoms with E-state index in [0.717, 1.165) is 60.3 Å². The van der Waals surface area contributed by atoms with Crippen LogP contribution >= 0.6 is 0 Å². The smallest absolute Gasteiger partial charge is 0.219 e. The normalized spacial score (nSPS) is 18.8. The first-order chi connectivity index (χ1) is 12.3. The number of benzene rings is 1. The third-order valence-electron chi connectivity index (χ3n) is 5.25. The Kier molecular flexibility index (Phi) is 3.43. The fourth-order valence-electron chi connectivity index (χ4n) is 3.62. The Hall–Kier alpha value is -2.50. The molecule has 0 N–H and O–H groups in total. The number of anilines is 1. The predicted octanol–water partition coefficient (Wildman–Crippen LogP) is 3.58. The summed E-state index contributed by atoms with van der Waals surface area (Å²) in [5, 5.41) is 8.52. The molecular formula is C19H21N5O. The van der Waals surface area contributed by atoms with Crippen molar-refractivity contribution in [3.8, 4) is 0 Å². The Morgan fingerprint density at radius 3 is 2.12 bits per heavy atom. The molecule has 1 saturated heterocycles. The quantitative estimate of drug-likeness (QED) is 0.729. The first-order valence-electron chi connectivity index (χ1n) is 9.09. The molecule has 3 heterocycles. The molecular weight excluding hydrogens is 314 g/mol. The lowest BCUT2D eigenvalue weighted by atomic mass is 9.97. The van der Waals surface area contributed by atoms with E-state index in [2.05, 4.69) is 15.1 Å². The fourth-order valence-corrected chi connectivity index (χ4v) is 3.62. The first-order valence-corrected chi connectivity index (χ1v) is 9.09. The van der Waals surface area contributed by atoms with Crippen LogP contribution in [0.3, 0.4) is 0 Å². The minimum absolute atomic E-state index is 0.366. The molecule has 1 saturated carbocycles. The van der Waals surface area contributed by atoms with Gasteiger partial charge in [-0.2, -0.15) is 0 Å². The number of para-hydroxylation sites is 2. The zero-order chi connectivity index (χ0) is 16.8. The van der Waals surface area contributed by atoms with Gasteiger partial charge in [0.05, 0.1) is 16.7 Å². The summed E-state index contributed by atoms with van der Waals surface area (Å²) >= 11 is 0. The molecule has 1 aliphatic heterocycles. The van der Waals surface area contributed by atoms with Crippen molar-refractivity contribution >= 4 is 16.9 Å². The van der Waals surface area contributed by atoms with Crippen molar-refractivity contribution in [1.82, 2.24) is 20.2 Å². The van der Waals surface area contributed by atoms with Crippen LogP contribution in [0.1, 0.15) is 55.0 Å². The highest BCUT2D eigenvalue weighted by atomic mass is 16.4. The van der Waals surface area contributed by atoms with Crippen LogP contribution in [0.4, 0.5) is 5.82 Å². The van der Waals surface area contributed by atoms with Crippen LogP contribution in [-0.2, 0) is 0 Å². The van der Waals surface area contributed by atoms with Crippen LogP contribution in [0.2, 0.25) is 0 Å². The number of aryl methyl sites for hydroxylation is 1. The molecule has 1 aliphatic carbocycles. The lowest BCUT2D eigenvalue weighted by Gasteiger charge is -2.32. The van der Waals surface area contributed by atoms with E-state index in [-0.39, 0.29) is 0 Å². The molecule has 2 aliphatic rings. The van der Waals surface area contributed by atoms with Crippen molar-refractivity contribution in [2.24, 2.45) is 0 Å². The van der Waals surface area contributed by atoms with Crippen molar-refractivity contribution in [3.63, 3.8) is 0 Å². The minimum Gasteiger partial charge on any atom is -0.425 e. The Morgan fingerprint density at radius 2 is 1.48 bits per heavy atom. The molecule has 2 fully saturated rings. The lowest BCUT2D eigenvalue weighted by molar-refractivity contribution is 0.375. The third kappa shape index (κ3) is 2.75. The van der Waals surface area contributed by atoms with Gasteiger partial charge in [0.15, 0.2) is 5.82 Å². The summed E-state index contributed by atoms with van der Waals surface area (Å²) in [6.45, 7) is 3.93. The van der Waals surface area contributed by atoms with Gasteiger partial charge in [-0.25, -0.2) is 9.97 Å². The summed E-state index contributed by atoms with van der Waals surface area (Å²) in [6.07, 6.45) is 4.42. The van der Waals surface area contributed by atoms with Crippen molar-refractivity contribution in [1.29, 1.82) is 0 Å². The Morgan fingerprint density at radius 1 is 0.880 bits per heavy atom. The number of hydrogen-bond donors (Lipinski definition) is 0. The van der Waals surface area contributed by atoms with E-state index < -0.39 is 0 Å². The van der Waals surface area contributed by atoms with Gasteiger partial charge in [-0.3, -0.25) is 0 Å². The van der Waals surface area contributed by atoms with Crippen molar-refractivity contribution in [3.05, 3.63) is 41.7 Å². The summed E-state index contributed by atoms with van der Waals surface area (Å²) in [5.74, 6) is 3.56. The number of rotatable bonds is 3. The molecule has 3 aromatic rings. The molecule has 6 heteroatoms. The number of aromatic nitrogens is 4. The molecule has 1 aromatic carbocycles. The molecule has 128 valence electrons. The van der Waals surface area contributed by atoms with Gasteiger partial charge in [0.2, 0.25) is 11.8 Å².